The lowest BCUT2D eigenvalue weighted by atomic mass is 10.2. The number of ether oxygens (including phenoxy) is 1. The third-order valence-corrected chi connectivity index (χ3v) is 3.39. The number of amides is 1. The van der Waals surface area contributed by atoms with Gasteiger partial charge in [0, 0.05) is 25.4 Å². The van der Waals surface area contributed by atoms with E-state index >= 15 is 0 Å². The number of nitrogens with one attached hydrogen (secondary N) is 1. The fourth-order valence-electron chi connectivity index (χ4n) is 2.30. The largest absolute Gasteiger partial charge is 0.481 e. The van der Waals surface area contributed by atoms with Gasteiger partial charge in [-0.2, -0.15) is 0 Å². The maximum Gasteiger partial charge on any atom is 0.407 e. The molecule has 0 aliphatic heterocycles. The molecule has 0 saturated heterocycles. The zero-order chi connectivity index (χ0) is 18.9. The SMILES string of the molecule is CC(C)(C)OC(=O)NCCCCCCn1cc(CC(=O)O)ccc1=O. The van der Waals surface area contributed by atoms with Gasteiger partial charge >= 0.3 is 12.1 Å². The van der Waals surface area contributed by atoms with E-state index in [1.54, 1.807) is 16.8 Å². The summed E-state index contributed by atoms with van der Waals surface area (Å²) in [6.07, 6.45) is 4.63. The number of carboxylic acids is 1. The van der Waals surface area contributed by atoms with Gasteiger partial charge in [0.15, 0.2) is 0 Å². The summed E-state index contributed by atoms with van der Waals surface area (Å²) in [5.41, 5.74) is 0.00128. The Morgan fingerprint density at radius 1 is 1.16 bits per heavy atom. The predicted molar refractivity (Wildman–Crippen MR) is 94.7 cm³/mol. The van der Waals surface area contributed by atoms with Crippen molar-refractivity contribution in [3.8, 4) is 0 Å². The van der Waals surface area contributed by atoms with Crippen LogP contribution < -0.4 is 10.9 Å². The summed E-state index contributed by atoms with van der Waals surface area (Å²) in [7, 11) is 0. The monoisotopic (exact) mass is 352 g/mol. The molecule has 1 heterocycles. The first kappa shape index (κ1) is 20.7. The van der Waals surface area contributed by atoms with Crippen LogP contribution in [0.5, 0.6) is 0 Å². The molecular weight excluding hydrogens is 324 g/mol. The van der Waals surface area contributed by atoms with Crippen molar-refractivity contribution < 1.29 is 19.4 Å². The summed E-state index contributed by atoms with van der Waals surface area (Å²) in [6, 6.07) is 2.96. The number of hydrogen-bond donors (Lipinski definition) is 2. The molecule has 140 valence electrons. The number of carbonyl (C=O) groups is 2. The van der Waals surface area contributed by atoms with E-state index in [4.69, 9.17) is 9.84 Å². The number of carbonyl (C=O) groups excluding carboxylic acids is 1. The third kappa shape index (κ3) is 9.54. The van der Waals surface area contributed by atoms with Crippen molar-refractivity contribution in [2.75, 3.05) is 6.54 Å². The molecule has 25 heavy (non-hydrogen) atoms. The Morgan fingerprint density at radius 2 is 1.84 bits per heavy atom. The lowest BCUT2D eigenvalue weighted by molar-refractivity contribution is -0.136. The number of aliphatic carboxylic acids is 1. The van der Waals surface area contributed by atoms with Crippen molar-refractivity contribution in [1.82, 2.24) is 9.88 Å². The summed E-state index contributed by atoms with van der Waals surface area (Å²) in [5, 5.41) is 11.5. The van der Waals surface area contributed by atoms with Gasteiger partial charge in [-0.15, -0.1) is 0 Å². The average molecular weight is 352 g/mol. The molecule has 0 aliphatic rings. The van der Waals surface area contributed by atoms with Crippen LogP contribution in [-0.2, 0) is 22.5 Å². The van der Waals surface area contributed by atoms with Gasteiger partial charge in [0.25, 0.3) is 5.56 Å². The van der Waals surface area contributed by atoms with Crippen LogP contribution in [0.25, 0.3) is 0 Å². The molecule has 0 fully saturated rings. The van der Waals surface area contributed by atoms with Crippen LogP contribution in [0.2, 0.25) is 0 Å². The van der Waals surface area contributed by atoms with Crippen LogP contribution >= 0.6 is 0 Å². The zero-order valence-electron chi connectivity index (χ0n) is 15.2. The second kappa shape index (κ2) is 9.86. The number of carboxylic acid groups (broad SMARTS) is 1. The van der Waals surface area contributed by atoms with E-state index in [1.807, 2.05) is 20.8 Å². The van der Waals surface area contributed by atoms with Crippen LogP contribution in [0.15, 0.2) is 23.1 Å². The van der Waals surface area contributed by atoms with Crippen molar-refractivity contribution in [1.29, 1.82) is 0 Å². The first-order valence-corrected chi connectivity index (χ1v) is 8.55. The molecule has 0 atom stereocenters. The van der Waals surface area contributed by atoms with Crippen LogP contribution in [-0.4, -0.2) is 33.9 Å². The van der Waals surface area contributed by atoms with Gasteiger partial charge in [-0.1, -0.05) is 18.9 Å². The van der Waals surface area contributed by atoms with Gasteiger partial charge in [0.1, 0.15) is 5.60 Å². The Kier molecular flexibility index (Phi) is 8.18. The van der Waals surface area contributed by atoms with Gasteiger partial charge < -0.3 is 19.7 Å². The van der Waals surface area contributed by atoms with Crippen molar-refractivity contribution >= 4 is 12.1 Å². The Morgan fingerprint density at radius 3 is 2.48 bits per heavy atom. The van der Waals surface area contributed by atoms with Crippen molar-refractivity contribution in [2.24, 2.45) is 0 Å². The van der Waals surface area contributed by atoms with Crippen molar-refractivity contribution in [3.05, 3.63) is 34.2 Å². The minimum Gasteiger partial charge on any atom is -0.481 e. The van der Waals surface area contributed by atoms with E-state index < -0.39 is 17.7 Å². The zero-order valence-corrected chi connectivity index (χ0v) is 15.2. The maximum absolute atomic E-state index is 11.8. The number of nitrogens with zero attached hydrogens (tertiary/aromatic N) is 1. The summed E-state index contributed by atoms with van der Waals surface area (Å²) >= 11 is 0. The van der Waals surface area contributed by atoms with Crippen LogP contribution in [0.1, 0.15) is 52.0 Å². The molecule has 1 aromatic heterocycles. The van der Waals surface area contributed by atoms with E-state index in [0.29, 0.717) is 18.7 Å². The Hall–Kier alpha value is -2.31. The lowest BCUT2D eigenvalue weighted by Gasteiger charge is -2.19. The minimum absolute atomic E-state index is 0.0867. The normalized spacial score (nSPS) is 11.2. The quantitative estimate of drug-likeness (QED) is 0.666. The molecule has 0 unspecified atom stereocenters. The van der Waals surface area contributed by atoms with Gasteiger partial charge in [0.2, 0.25) is 0 Å². The van der Waals surface area contributed by atoms with Gasteiger partial charge in [-0.3, -0.25) is 9.59 Å². The molecule has 1 rings (SSSR count). The molecule has 7 nitrogen and oxygen atoms in total. The first-order chi connectivity index (χ1) is 11.7. The molecule has 0 saturated carbocycles. The van der Waals surface area contributed by atoms with Gasteiger partial charge in [-0.05, 0) is 39.2 Å². The predicted octanol–water partition coefficient (Wildman–Crippen LogP) is 2.56. The number of hydrogen-bond acceptors (Lipinski definition) is 4. The highest BCUT2D eigenvalue weighted by atomic mass is 16.6. The molecule has 7 heteroatoms. The van der Waals surface area contributed by atoms with Crippen LogP contribution in [0, 0.1) is 0 Å². The minimum atomic E-state index is -0.914. The second-order valence-electron chi connectivity index (χ2n) is 6.98. The summed E-state index contributed by atoms with van der Waals surface area (Å²) in [4.78, 5) is 34.0. The van der Waals surface area contributed by atoms with Crippen molar-refractivity contribution in [3.63, 3.8) is 0 Å². The fraction of sp³-hybridized carbons (Fsp3) is 0.611. The molecule has 0 aliphatic carbocycles. The molecule has 0 aromatic carbocycles. The van der Waals surface area contributed by atoms with E-state index in [1.165, 1.54) is 6.07 Å². The third-order valence-electron chi connectivity index (χ3n) is 3.39. The van der Waals surface area contributed by atoms with Crippen LogP contribution in [0.3, 0.4) is 0 Å². The second-order valence-corrected chi connectivity index (χ2v) is 6.98. The van der Waals surface area contributed by atoms with E-state index in [0.717, 1.165) is 25.7 Å². The van der Waals surface area contributed by atoms with Crippen LogP contribution in [0.4, 0.5) is 4.79 Å². The number of aryl methyl sites for hydroxylation is 1. The highest BCUT2D eigenvalue weighted by molar-refractivity contribution is 5.69. The Labute approximate surface area is 148 Å². The average Bonchev–Trinajstić information content (AvgIpc) is 2.47. The molecule has 0 radical (unpaired) electrons. The first-order valence-electron chi connectivity index (χ1n) is 8.55. The molecule has 0 bridgehead atoms. The molecular formula is C18H28N2O5. The Bertz CT molecular complexity index is 631. The smallest absolute Gasteiger partial charge is 0.407 e. The van der Waals surface area contributed by atoms with E-state index in [2.05, 4.69) is 5.32 Å². The van der Waals surface area contributed by atoms with E-state index in [9.17, 15) is 14.4 Å². The molecule has 2 N–H and O–H groups in total. The number of rotatable bonds is 9. The topological polar surface area (TPSA) is 97.6 Å². The lowest BCUT2D eigenvalue weighted by Crippen LogP contribution is -2.32. The summed E-state index contributed by atoms with van der Waals surface area (Å²) in [5.74, 6) is -0.914. The fourth-order valence-corrected chi connectivity index (χ4v) is 2.30. The number of pyridine rings is 1. The molecule has 0 spiro atoms. The highest BCUT2D eigenvalue weighted by Crippen LogP contribution is 2.07. The maximum atomic E-state index is 11.8. The number of alkyl carbamates (subject to hydrolysis) is 1. The molecule has 1 amide bonds. The van der Waals surface area contributed by atoms with Gasteiger partial charge in [0.05, 0.1) is 6.42 Å². The molecule has 1 aromatic rings. The summed E-state index contributed by atoms with van der Waals surface area (Å²) < 4.78 is 6.70. The van der Waals surface area contributed by atoms with E-state index in [-0.39, 0.29) is 12.0 Å². The van der Waals surface area contributed by atoms with Gasteiger partial charge in [-0.25, -0.2) is 4.79 Å². The van der Waals surface area contributed by atoms with Crippen molar-refractivity contribution in [2.45, 2.75) is 65.0 Å². The highest BCUT2D eigenvalue weighted by Gasteiger charge is 2.15. The summed E-state index contributed by atoms with van der Waals surface area (Å²) in [6.45, 7) is 6.58. The standard InChI is InChI=1S/C18H28N2O5/c1-18(2,3)25-17(24)19-10-6-4-5-7-11-20-13-14(12-16(22)23)8-9-15(20)21/h8-9,13H,4-7,10-12H2,1-3H3,(H,19,24)(H,22,23). The number of unbranched alkanes of at least 4 members (excludes halogenated alkanes) is 3. The number of aromatic nitrogens is 1. The Balaban J connectivity index is 2.22.